The summed E-state index contributed by atoms with van der Waals surface area (Å²) in [7, 11) is 1.25. The number of esters is 1. The number of carbonyl (C=O) groups excluding carboxylic acids is 1. The third kappa shape index (κ3) is 2.69. The van der Waals surface area contributed by atoms with Crippen LogP contribution in [0.15, 0.2) is 36.4 Å². The smallest absolute Gasteiger partial charge is 0.337 e. The largest absolute Gasteiger partial charge is 0.506 e. The molecule has 0 aromatic heterocycles. The zero-order chi connectivity index (χ0) is 14.0. The Kier molecular flexibility index (Phi) is 3.71. The van der Waals surface area contributed by atoms with Crippen molar-refractivity contribution in [3.8, 4) is 16.9 Å². The fraction of sp³-hybridized carbons (Fsp3) is 0.0714. The predicted octanol–water partition coefficient (Wildman–Crippen LogP) is 3.64. The highest BCUT2D eigenvalue weighted by Gasteiger charge is 2.12. The van der Waals surface area contributed by atoms with Gasteiger partial charge in [-0.25, -0.2) is 9.18 Å². The first kappa shape index (κ1) is 13.4. The Morgan fingerprint density at radius 2 is 2.00 bits per heavy atom. The summed E-state index contributed by atoms with van der Waals surface area (Å²) in [5, 5.41) is 9.45. The van der Waals surface area contributed by atoms with Gasteiger partial charge in [0.25, 0.3) is 0 Å². The number of rotatable bonds is 2. The van der Waals surface area contributed by atoms with E-state index in [-0.39, 0.29) is 21.9 Å². The molecule has 0 heterocycles. The lowest BCUT2D eigenvalue weighted by atomic mass is 10.0. The van der Waals surface area contributed by atoms with E-state index >= 15 is 0 Å². The Morgan fingerprint density at radius 1 is 1.26 bits per heavy atom. The van der Waals surface area contributed by atoms with Crippen molar-refractivity contribution >= 4 is 17.6 Å². The molecule has 0 aliphatic heterocycles. The molecule has 2 aromatic rings. The maximum atomic E-state index is 13.8. The summed E-state index contributed by atoms with van der Waals surface area (Å²) in [5.74, 6) is -1.13. The van der Waals surface area contributed by atoms with Crippen molar-refractivity contribution in [2.24, 2.45) is 0 Å². The molecule has 0 fully saturated rings. The van der Waals surface area contributed by atoms with E-state index in [1.807, 2.05) is 0 Å². The van der Waals surface area contributed by atoms with Crippen LogP contribution in [0.3, 0.4) is 0 Å². The van der Waals surface area contributed by atoms with Crippen LogP contribution in [0.25, 0.3) is 11.1 Å². The van der Waals surface area contributed by atoms with Crippen LogP contribution in [0, 0.1) is 5.82 Å². The second-order valence-electron chi connectivity index (χ2n) is 3.85. The van der Waals surface area contributed by atoms with Gasteiger partial charge in [0.15, 0.2) is 0 Å². The molecule has 0 saturated carbocycles. The van der Waals surface area contributed by atoms with Crippen LogP contribution in [0.4, 0.5) is 4.39 Å². The van der Waals surface area contributed by atoms with E-state index in [0.717, 1.165) is 0 Å². The van der Waals surface area contributed by atoms with Crippen molar-refractivity contribution in [2.45, 2.75) is 0 Å². The van der Waals surface area contributed by atoms with Crippen molar-refractivity contribution in [1.29, 1.82) is 0 Å². The Labute approximate surface area is 114 Å². The third-order valence-electron chi connectivity index (χ3n) is 2.65. The number of hydrogen-bond donors (Lipinski definition) is 1. The van der Waals surface area contributed by atoms with Crippen LogP contribution in [-0.4, -0.2) is 18.2 Å². The van der Waals surface area contributed by atoms with Crippen LogP contribution in [0.2, 0.25) is 5.02 Å². The number of phenols is 1. The van der Waals surface area contributed by atoms with Gasteiger partial charge in [-0.05, 0) is 35.9 Å². The lowest BCUT2D eigenvalue weighted by Gasteiger charge is -2.07. The van der Waals surface area contributed by atoms with Gasteiger partial charge in [-0.1, -0.05) is 17.7 Å². The van der Waals surface area contributed by atoms with E-state index in [0.29, 0.717) is 5.56 Å². The van der Waals surface area contributed by atoms with Crippen molar-refractivity contribution < 1.29 is 19.0 Å². The van der Waals surface area contributed by atoms with Gasteiger partial charge in [0.2, 0.25) is 0 Å². The minimum atomic E-state index is -0.550. The highest BCUT2D eigenvalue weighted by atomic mass is 35.5. The molecule has 2 aromatic carbocycles. The van der Waals surface area contributed by atoms with Gasteiger partial charge in [0.1, 0.15) is 11.6 Å². The summed E-state index contributed by atoms with van der Waals surface area (Å²) in [6.07, 6.45) is 0. The van der Waals surface area contributed by atoms with E-state index in [9.17, 15) is 14.3 Å². The Hall–Kier alpha value is -2.07. The molecule has 3 nitrogen and oxygen atoms in total. The monoisotopic (exact) mass is 280 g/mol. The number of halogens is 2. The average Bonchev–Trinajstić information content (AvgIpc) is 2.41. The fourth-order valence-electron chi connectivity index (χ4n) is 1.67. The van der Waals surface area contributed by atoms with E-state index < -0.39 is 11.8 Å². The summed E-state index contributed by atoms with van der Waals surface area (Å²) >= 11 is 5.78. The van der Waals surface area contributed by atoms with Gasteiger partial charge >= 0.3 is 5.97 Å². The Bertz CT molecular complexity index is 641. The predicted molar refractivity (Wildman–Crippen MR) is 69.9 cm³/mol. The molecular weight excluding hydrogens is 271 g/mol. The van der Waals surface area contributed by atoms with E-state index in [4.69, 9.17) is 11.6 Å². The van der Waals surface area contributed by atoms with E-state index in [1.54, 1.807) is 0 Å². The maximum absolute atomic E-state index is 13.8. The van der Waals surface area contributed by atoms with Crippen molar-refractivity contribution in [3.05, 3.63) is 52.8 Å². The first-order chi connectivity index (χ1) is 9.02. The van der Waals surface area contributed by atoms with Crippen LogP contribution in [0.5, 0.6) is 5.75 Å². The topological polar surface area (TPSA) is 46.5 Å². The van der Waals surface area contributed by atoms with Gasteiger partial charge < -0.3 is 9.84 Å². The second-order valence-corrected chi connectivity index (χ2v) is 4.26. The van der Waals surface area contributed by atoms with Gasteiger partial charge in [0, 0.05) is 5.56 Å². The third-order valence-corrected chi connectivity index (χ3v) is 2.95. The van der Waals surface area contributed by atoms with Crippen molar-refractivity contribution in [2.75, 3.05) is 7.11 Å². The SMILES string of the molecule is COC(=O)c1ccc(F)c(-c2ccc(O)c(Cl)c2)c1. The highest BCUT2D eigenvalue weighted by Crippen LogP contribution is 2.31. The summed E-state index contributed by atoms with van der Waals surface area (Å²) in [5.41, 5.74) is 0.916. The molecule has 1 N–H and O–H groups in total. The zero-order valence-corrected chi connectivity index (χ0v) is 10.7. The first-order valence-electron chi connectivity index (χ1n) is 5.39. The molecule has 0 spiro atoms. The van der Waals surface area contributed by atoms with Gasteiger partial charge in [-0.2, -0.15) is 0 Å². The van der Waals surface area contributed by atoms with Crippen LogP contribution in [-0.2, 0) is 4.74 Å². The lowest BCUT2D eigenvalue weighted by Crippen LogP contribution is -2.01. The molecule has 2 rings (SSSR count). The van der Waals surface area contributed by atoms with E-state index in [1.165, 1.54) is 43.5 Å². The van der Waals surface area contributed by atoms with Crippen LogP contribution >= 0.6 is 11.6 Å². The number of ether oxygens (including phenoxy) is 1. The summed E-state index contributed by atoms with van der Waals surface area (Å²) in [6, 6.07) is 8.21. The Morgan fingerprint density at radius 3 is 2.63 bits per heavy atom. The molecule has 0 aliphatic rings. The standard InChI is InChI=1S/C14H10ClFO3/c1-19-14(18)9-2-4-12(16)10(6-9)8-3-5-13(17)11(15)7-8/h2-7,17H,1H3. The normalized spacial score (nSPS) is 10.3. The number of carbonyl (C=O) groups is 1. The highest BCUT2D eigenvalue weighted by molar-refractivity contribution is 6.32. The molecule has 0 amide bonds. The zero-order valence-electron chi connectivity index (χ0n) is 9.98. The molecule has 0 aliphatic carbocycles. The first-order valence-corrected chi connectivity index (χ1v) is 5.77. The molecule has 0 bridgehead atoms. The minimum absolute atomic E-state index is 0.0880. The minimum Gasteiger partial charge on any atom is -0.506 e. The number of benzene rings is 2. The Balaban J connectivity index is 2.54. The quantitative estimate of drug-likeness (QED) is 0.854. The van der Waals surface area contributed by atoms with Crippen molar-refractivity contribution in [1.82, 2.24) is 0 Å². The van der Waals surface area contributed by atoms with Crippen molar-refractivity contribution in [3.63, 3.8) is 0 Å². The van der Waals surface area contributed by atoms with E-state index in [2.05, 4.69) is 4.74 Å². The summed E-state index contributed by atoms with van der Waals surface area (Å²) < 4.78 is 18.4. The molecule has 0 unspecified atom stereocenters. The summed E-state index contributed by atoms with van der Waals surface area (Å²) in [6.45, 7) is 0. The molecule has 98 valence electrons. The molecule has 0 radical (unpaired) electrons. The molecular formula is C14H10ClFO3. The summed E-state index contributed by atoms with van der Waals surface area (Å²) in [4.78, 5) is 11.4. The van der Waals surface area contributed by atoms with Gasteiger partial charge in [-0.15, -0.1) is 0 Å². The fourth-order valence-corrected chi connectivity index (χ4v) is 1.85. The molecule has 0 saturated heterocycles. The molecule has 5 heteroatoms. The molecule has 19 heavy (non-hydrogen) atoms. The maximum Gasteiger partial charge on any atom is 0.337 e. The average molecular weight is 281 g/mol. The lowest BCUT2D eigenvalue weighted by molar-refractivity contribution is 0.0600. The molecule has 0 atom stereocenters. The number of phenolic OH excluding ortho intramolecular Hbond substituents is 1. The van der Waals surface area contributed by atoms with Crippen LogP contribution < -0.4 is 0 Å². The second kappa shape index (κ2) is 5.28. The van der Waals surface area contributed by atoms with Crippen LogP contribution in [0.1, 0.15) is 10.4 Å². The number of hydrogen-bond acceptors (Lipinski definition) is 3. The number of aromatic hydroxyl groups is 1. The van der Waals surface area contributed by atoms with Gasteiger partial charge in [0.05, 0.1) is 17.7 Å². The van der Waals surface area contributed by atoms with Gasteiger partial charge in [-0.3, -0.25) is 0 Å². The number of methoxy groups -OCH3 is 1.